The highest BCUT2D eigenvalue weighted by molar-refractivity contribution is 6.45. The SMILES string of the molecule is CC1=CCC2C=C(N(C)C(=O)c3cccc(CC4N=C(C(F)(F)F)C(Cl)=C4COc4ccc(C(=O)O)cc4)c3)C=CC2=N1. The number of carbonyl (C=O) groups is 2. The number of rotatable bonds is 8. The second kappa shape index (κ2) is 12.0. The molecule has 2 heterocycles. The molecule has 0 spiro atoms. The summed E-state index contributed by atoms with van der Waals surface area (Å²) in [6, 6.07) is 11.2. The van der Waals surface area contributed by atoms with E-state index in [1.807, 2.05) is 25.2 Å². The number of allylic oxidation sites excluding steroid dienone is 6. The highest BCUT2D eigenvalue weighted by atomic mass is 35.5. The number of ether oxygens (including phenoxy) is 1. The molecule has 0 bridgehead atoms. The van der Waals surface area contributed by atoms with Gasteiger partial charge in [-0.15, -0.1) is 0 Å². The number of aromatic carboxylic acids is 1. The number of likely N-dealkylation sites (N-methyl/N-ethyl adjacent to an activating group) is 1. The van der Waals surface area contributed by atoms with Crippen LogP contribution in [-0.4, -0.2) is 59.2 Å². The quantitative estimate of drug-likeness (QED) is 0.357. The zero-order valence-electron chi connectivity index (χ0n) is 23.2. The second-order valence-corrected chi connectivity index (χ2v) is 10.7. The summed E-state index contributed by atoms with van der Waals surface area (Å²) in [5.41, 5.74) is 2.61. The van der Waals surface area contributed by atoms with Crippen LogP contribution in [0.15, 0.2) is 105 Å². The van der Waals surface area contributed by atoms with E-state index in [0.29, 0.717) is 11.1 Å². The van der Waals surface area contributed by atoms with Crippen molar-refractivity contribution in [1.29, 1.82) is 0 Å². The number of nitrogens with zero attached hydrogens (tertiary/aromatic N) is 3. The van der Waals surface area contributed by atoms with Crippen molar-refractivity contribution in [1.82, 2.24) is 4.90 Å². The lowest BCUT2D eigenvalue weighted by molar-refractivity contribution is -0.0579. The summed E-state index contributed by atoms with van der Waals surface area (Å²) in [6.45, 7) is 1.66. The van der Waals surface area contributed by atoms with Crippen LogP contribution in [0.5, 0.6) is 5.75 Å². The number of carbonyl (C=O) groups excluding carboxylic acids is 1. The molecule has 7 nitrogen and oxygen atoms in total. The summed E-state index contributed by atoms with van der Waals surface area (Å²) in [7, 11) is 1.68. The van der Waals surface area contributed by atoms with Crippen LogP contribution in [0.3, 0.4) is 0 Å². The molecule has 3 aliphatic rings. The first-order valence-electron chi connectivity index (χ1n) is 13.4. The van der Waals surface area contributed by atoms with Gasteiger partial charge < -0.3 is 14.7 Å². The Balaban J connectivity index is 1.33. The Kier molecular flexibility index (Phi) is 8.41. The van der Waals surface area contributed by atoms with Crippen molar-refractivity contribution >= 4 is 34.9 Å². The van der Waals surface area contributed by atoms with Crippen molar-refractivity contribution in [3.63, 3.8) is 0 Å². The fourth-order valence-corrected chi connectivity index (χ4v) is 5.39. The third kappa shape index (κ3) is 6.64. The van der Waals surface area contributed by atoms with E-state index in [1.165, 1.54) is 24.3 Å². The lowest BCUT2D eigenvalue weighted by Gasteiger charge is -2.26. The van der Waals surface area contributed by atoms with Gasteiger partial charge in [0.2, 0.25) is 0 Å². The van der Waals surface area contributed by atoms with Crippen molar-refractivity contribution in [3.05, 3.63) is 112 Å². The van der Waals surface area contributed by atoms with E-state index in [4.69, 9.17) is 21.4 Å². The Hall–Kier alpha value is -4.44. The number of amides is 1. The molecular formula is C32H27ClF3N3O4. The van der Waals surface area contributed by atoms with E-state index in [9.17, 15) is 22.8 Å². The zero-order valence-corrected chi connectivity index (χ0v) is 24.0. The first kappa shape index (κ1) is 30.0. The molecule has 1 aliphatic carbocycles. The summed E-state index contributed by atoms with van der Waals surface area (Å²) in [5.74, 6) is -1.04. The number of halogens is 4. The molecule has 0 fully saturated rings. The summed E-state index contributed by atoms with van der Waals surface area (Å²) in [5, 5.41) is 8.54. The molecule has 0 aromatic heterocycles. The minimum absolute atomic E-state index is 0.0433. The molecule has 2 aromatic carbocycles. The Morgan fingerprint density at radius 2 is 1.86 bits per heavy atom. The standard InChI is InChI=1S/C32H27ClF3N3O4/c1-18-6-7-21-16-23(10-13-26(21)37-18)39(2)30(40)22-5-3-4-19(14-22)15-27-25(28(33)29(38-27)32(34,35)36)17-43-24-11-8-20(9-12-24)31(41)42/h3-6,8-14,16,21,27H,7,15,17H2,1-2H3,(H,41,42). The van der Waals surface area contributed by atoms with Gasteiger partial charge in [0, 0.05) is 41.2 Å². The molecule has 1 N–H and O–H groups in total. The average Bonchev–Trinajstić information content (AvgIpc) is 3.30. The first-order valence-corrected chi connectivity index (χ1v) is 13.8. The fraction of sp³-hybridized carbons (Fsp3) is 0.250. The fourth-order valence-electron chi connectivity index (χ4n) is 5.06. The number of hydrogen-bond donors (Lipinski definition) is 1. The minimum atomic E-state index is -4.76. The van der Waals surface area contributed by atoms with Crippen LogP contribution in [0.25, 0.3) is 0 Å². The maximum atomic E-state index is 13.7. The topological polar surface area (TPSA) is 91.6 Å². The third-order valence-corrected chi connectivity index (χ3v) is 7.81. The van der Waals surface area contributed by atoms with Crippen LogP contribution >= 0.6 is 11.6 Å². The van der Waals surface area contributed by atoms with Crippen LogP contribution < -0.4 is 4.74 Å². The van der Waals surface area contributed by atoms with Gasteiger partial charge in [0.25, 0.3) is 5.91 Å². The molecule has 2 aliphatic heterocycles. The van der Waals surface area contributed by atoms with E-state index in [2.05, 4.69) is 16.1 Å². The normalized spacial score (nSPS) is 19.7. The molecule has 11 heteroatoms. The number of carboxylic acids is 1. The molecule has 2 unspecified atom stereocenters. The van der Waals surface area contributed by atoms with Gasteiger partial charge in [-0.05, 0) is 73.9 Å². The van der Waals surface area contributed by atoms with Gasteiger partial charge in [0.15, 0.2) is 5.71 Å². The van der Waals surface area contributed by atoms with Crippen molar-refractivity contribution in [2.45, 2.75) is 32.0 Å². The minimum Gasteiger partial charge on any atom is -0.489 e. The molecule has 0 radical (unpaired) electrons. The molecule has 43 heavy (non-hydrogen) atoms. The molecule has 2 atom stereocenters. The van der Waals surface area contributed by atoms with E-state index < -0.39 is 28.9 Å². The largest absolute Gasteiger partial charge is 0.489 e. The zero-order chi connectivity index (χ0) is 30.9. The Morgan fingerprint density at radius 3 is 2.56 bits per heavy atom. The molecule has 222 valence electrons. The summed E-state index contributed by atoms with van der Waals surface area (Å²) < 4.78 is 46.8. The maximum Gasteiger partial charge on any atom is 0.434 e. The van der Waals surface area contributed by atoms with Gasteiger partial charge in [0.05, 0.1) is 16.6 Å². The Labute approximate surface area is 251 Å². The maximum absolute atomic E-state index is 13.7. The summed E-state index contributed by atoms with van der Waals surface area (Å²) >= 11 is 6.17. The lowest BCUT2D eigenvalue weighted by atomic mass is 9.91. The highest BCUT2D eigenvalue weighted by Gasteiger charge is 2.44. The number of carboxylic acid groups (broad SMARTS) is 1. The summed E-state index contributed by atoms with van der Waals surface area (Å²) in [6.07, 6.45) is 3.89. The highest BCUT2D eigenvalue weighted by Crippen LogP contribution is 2.36. The third-order valence-electron chi connectivity index (χ3n) is 7.39. The number of fused-ring (bicyclic) bond motifs is 1. The van der Waals surface area contributed by atoms with Crippen LogP contribution in [0.4, 0.5) is 13.2 Å². The molecular weight excluding hydrogens is 583 g/mol. The van der Waals surface area contributed by atoms with Gasteiger partial charge in [-0.25, -0.2) is 4.79 Å². The molecule has 5 rings (SSSR count). The Morgan fingerprint density at radius 1 is 1.12 bits per heavy atom. The number of hydrogen-bond acceptors (Lipinski definition) is 5. The van der Waals surface area contributed by atoms with E-state index in [-0.39, 0.29) is 41.7 Å². The lowest BCUT2D eigenvalue weighted by Crippen LogP contribution is -2.28. The van der Waals surface area contributed by atoms with Crippen molar-refractivity contribution in [2.24, 2.45) is 15.9 Å². The number of aliphatic imine (C=N–C) groups is 2. The van der Waals surface area contributed by atoms with E-state index in [0.717, 1.165) is 23.5 Å². The smallest absolute Gasteiger partial charge is 0.434 e. The van der Waals surface area contributed by atoms with Crippen molar-refractivity contribution in [2.75, 3.05) is 13.7 Å². The van der Waals surface area contributed by atoms with Crippen LogP contribution in [0, 0.1) is 5.92 Å². The molecule has 2 aromatic rings. The van der Waals surface area contributed by atoms with Gasteiger partial charge >= 0.3 is 12.1 Å². The monoisotopic (exact) mass is 609 g/mol. The predicted molar refractivity (Wildman–Crippen MR) is 158 cm³/mol. The number of benzene rings is 2. The van der Waals surface area contributed by atoms with Crippen LogP contribution in [-0.2, 0) is 6.42 Å². The second-order valence-electron chi connectivity index (χ2n) is 10.4. The van der Waals surface area contributed by atoms with Crippen LogP contribution in [0.1, 0.15) is 39.6 Å². The summed E-state index contributed by atoms with van der Waals surface area (Å²) in [4.78, 5) is 34.5. The van der Waals surface area contributed by atoms with Crippen molar-refractivity contribution in [3.8, 4) is 5.75 Å². The Bertz CT molecular complexity index is 1650. The molecule has 0 saturated heterocycles. The van der Waals surface area contributed by atoms with Gasteiger partial charge in [0.1, 0.15) is 12.4 Å². The predicted octanol–water partition coefficient (Wildman–Crippen LogP) is 6.78. The van der Waals surface area contributed by atoms with Crippen LogP contribution in [0.2, 0.25) is 0 Å². The van der Waals surface area contributed by atoms with Gasteiger partial charge in [-0.2, -0.15) is 13.2 Å². The molecule has 0 saturated carbocycles. The first-order chi connectivity index (χ1) is 20.4. The number of alkyl halides is 3. The van der Waals surface area contributed by atoms with Crippen molar-refractivity contribution < 1.29 is 32.6 Å². The van der Waals surface area contributed by atoms with Gasteiger partial charge in [-0.1, -0.05) is 35.9 Å². The van der Waals surface area contributed by atoms with E-state index >= 15 is 0 Å². The van der Waals surface area contributed by atoms with E-state index in [1.54, 1.807) is 36.2 Å². The average molecular weight is 610 g/mol. The molecule has 1 amide bonds. The van der Waals surface area contributed by atoms with Gasteiger partial charge in [-0.3, -0.25) is 14.8 Å².